The minimum absolute atomic E-state index is 0.218. The van der Waals surface area contributed by atoms with Crippen molar-refractivity contribution < 1.29 is 0 Å². The molecule has 1 heterocycles. The molecular formula is C16H20BrN3. The van der Waals surface area contributed by atoms with E-state index in [9.17, 15) is 0 Å². The molecule has 0 spiro atoms. The lowest BCUT2D eigenvalue weighted by Crippen LogP contribution is -2.25. The molecule has 0 aliphatic rings. The van der Waals surface area contributed by atoms with Gasteiger partial charge >= 0.3 is 0 Å². The highest BCUT2D eigenvalue weighted by molar-refractivity contribution is 9.10. The van der Waals surface area contributed by atoms with E-state index < -0.39 is 0 Å². The molecule has 0 aliphatic carbocycles. The van der Waals surface area contributed by atoms with Gasteiger partial charge in [0.05, 0.1) is 11.7 Å². The molecule has 2 rings (SSSR count). The molecule has 1 N–H and O–H groups in total. The maximum absolute atomic E-state index is 4.56. The van der Waals surface area contributed by atoms with Crippen molar-refractivity contribution in [1.82, 2.24) is 15.3 Å². The fraction of sp³-hybridized carbons (Fsp3) is 0.375. The Morgan fingerprint density at radius 3 is 2.75 bits per heavy atom. The van der Waals surface area contributed by atoms with Crippen LogP contribution in [0.3, 0.4) is 0 Å². The number of nitrogens with zero attached hydrogens (tertiary/aromatic N) is 2. The molecule has 0 saturated carbocycles. The van der Waals surface area contributed by atoms with E-state index in [0.29, 0.717) is 0 Å². The molecule has 0 fully saturated rings. The summed E-state index contributed by atoms with van der Waals surface area (Å²) in [6, 6.07) is 10.6. The van der Waals surface area contributed by atoms with Crippen molar-refractivity contribution >= 4 is 15.9 Å². The van der Waals surface area contributed by atoms with Crippen molar-refractivity contribution in [3.63, 3.8) is 0 Å². The molecule has 1 aromatic carbocycles. The van der Waals surface area contributed by atoms with Crippen molar-refractivity contribution in [3.8, 4) is 0 Å². The van der Waals surface area contributed by atoms with Crippen LogP contribution in [0.4, 0.5) is 0 Å². The highest BCUT2D eigenvalue weighted by atomic mass is 79.9. The summed E-state index contributed by atoms with van der Waals surface area (Å²) < 4.78 is 1.15. The zero-order valence-corrected chi connectivity index (χ0v) is 13.5. The Hall–Kier alpha value is -1.26. The van der Waals surface area contributed by atoms with Gasteiger partial charge < -0.3 is 5.32 Å². The summed E-state index contributed by atoms with van der Waals surface area (Å²) in [5.41, 5.74) is 2.35. The average molecular weight is 334 g/mol. The van der Waals surface area contributed by atoms with Crippen LogP contribution >= 0.6 is 15.9 Å². The van der Waals surface area contributed by atoms with Crippen molar-refractivity contribution in [1.29, 1.82) is 0 Å². The normalized spacial score (nSPS) is 12.3. The molecule has 1 unspecified atom stereocenters. The Balaban J connectivity index is 2.21. The molecule has 0 saturated heterocycles. The smallest absolute Gasteiger partial charge is 0.125 e. The molecule has 4 heteroatoms. The third-order valence-electron chi connectivity index (χ3n) is 3.18. The first-order chi connectivity index (χ1) is 9.70. The van der Waals surface area contributed by atoms with Gasteiger partial charge in [-0.15, -0.1) is 0 Å². The Morgan fingerprint density at radius 1 is 1.25 bits per heavy atom. The van der Waals surface area contributed by atoms with Crippen molar-refractivity contribution in [2.75, 3.05) is 6.54 Å². The van der Waals surface area contributed by atoms with Crippen molar-refractivity contribution in [3.05, 3.63) is 58.1 Å². The predicted molar refractivity (Wildman–Crippen MR) is 85.6 cm³/mol. The Morgan fingerprint density at radius 2 is 2.05 bits per heavy atom. The van der Waals surface area contributed by atoms with Crippen LogP contribution in [-0.2, 0) is 6.42 Å². The van der Waals surface area contributed by atoms with Crippen LogP contribution in [0.5, 0.6) is 0 Å². The second kappa shape index (κ2) is 7.50. The first-order valence-electron chi connectivity index (χ1n) is 6.97. The fourth-order valence-electron chi connectivity index (χ4n) is 2.15. The highest BCUT2D eigenvalue weighted by Crippen LogP contribution is 2.23. The van der Waals surface area contributed by atoms with Gasteiger partial charge in [-0.25, -0.2) is 9.97 Å². The molecule has 0 bridgehead atoms. The van der Waals surface area contributed by atoms with Crippen LogP contribution in [0, 0.1) is 6.92 Å². The molecular weight excluding hydrogens is 314 g/mol. The molecule has 1 atom stereocenters. The number of aromatic nitrogens is 2. The van der Waals surface area contributed by atoms with Gasteiger partial charge in [-0.1, -0.05) is 41.1 Å². The lowest BCUT2D eigenvalue weighted by Gasteiger charge is -2.19. The van der Waals surface area contributed by atoms with Gasteiger partial charge in [0, 0.05) is 10.7 Å². The molecule has 1 aromatic heterocycles. The van der Waals surface area contributed by atoms with E-state index in [1.165, 1.54) is 5.56 Å². The van der Waals surface area contributed by atoms with E-state index in [0.717, 1.165) is 35.4 Å². The van der Waals surface area contributed by atoms with E-state index in [4.69, 9.17) is 0 Å². The summed E-state index contributed by atoms with van der Waals surface area (Å²) in [7, 11) is 0. The van der Waals surface area contributed by atoms with E-state index >= 15 is 0 Å². The summed E-state index contributed by atoms with van der Waals surface area (Å²) in [6.07, 6.45) is 3.85. The summed E-state index contributed by atoms with van der Waals surface area (Å²) in [6.45, 7) is 5.09. The van der Waals surface area contributed by atoms with Crippen LogP contribution in [0.25, 0.3) is 0 Å². The monoisotopic (exact) mass is 333 g/mol. The molecule has 0 amide bonds. The third kappa shape index (κ3) is 4.12. The number of aryl methyl sites for hydroxylation is 1. The van der Waals surface area contributed by atoms with E-state index in [-0.39, 0.29) is 6.04 Å². The van der Waals surface area contributed by atoms with Crippen molar-refractivity contribution in [2.24, 2.45) is 0 Å². The number of hydrogen-bond acceptors (Lipinski definition) is 3. The van der Waals surface area contributed by atoms with Crippen LogP contribution in [-0.4, -0.2) is 16.5 Å². The SMILES string of the molecule is CCCNC(Cc1ccccc1Br)c1ccnc(C)n1. The maximum atomic E-state index is 4.56. The first-order valence-corrected chi connectivity index (χ1v) is 7.76. The second-order valence-corrected chi connectivity index (χ2v) is 5.69. The third-order valence-corrected chi connectivity index (χ3v) is 3.95. The predicted octanol–water partition coefficient (Wildman–Crippen LogP) is 3.83. The number of benzene rings is 1. The van der Waals surface area contributed by atoms with Gasteiger partial charge in [0.2, 0.25) is 0 Å². The van der Waals surface area contributed by atoms with Gasteiger partial charge in [0.25, 0.3) is 0 Å². The minimum atomic E-state index is 0.218. The summed E-state index contributed by atoms with van der Waals surface area (Å²) in [5, 5.41) is 3.58. The summed E-state index contributed by atoms with van der Waals surface area (Å²) >= 11 is 3.62. The van der Waals surface area contributed by atoms with E-state index in [2.05, 4.69) is 56.3 Å². The summed E-state index contributed by atoms with van der Waals surface area (Å²) in [4.78, 5) is 8.74. The molecule has 106 valence electrons. The van der Waals surface area contributed by atoms with Gasteiger partial charge in [-0.2, -0.15) is 0 Å². The standard InChI is InChI=1S/C16H20BrN3/c1-3-9-19-16(15-8-10-18-12(2)20-15)11-13-6-4-5-7-14(13)17/h4-8,10,16,19H,3,9,11H2,1-2H3. The van der Waals surface area contributed by atoms with Crippen LogP contribution in [0.2, 0.25) is 0 Å². The van der Waals surface area contributed by atoms with Gasteiger partial charge in [-0.3, -0.25) is 0 Å². The Bertz CT molecular complexity index is 557. The largest absolute Gasteiger partial charge is 0.308 e. The summed E-state index contributed by atoms with van der Waals surface area (Å²) in [5.74, 6) is 0.818. The second-order valence-electron chi connectivity index (χ2n) is 4.83. The first kappa shape index (κ1) is 15.1. The number of halogens is 1. The topological polar surface area (TPSA) is 37.8 Å². The van der Waals surface area contributed by atoms with E-state index in [1.807, 2.05) is 25.3 Å². The average Bonchev–Trinajstić information content (AvgIpc) is 2.45. The molecule has 2 aromatic rings. The van der Waals surface area contributed by atoms with Gasteiger partial charge in [0.15, 0.2) is 0 Å². The zero-order chi connectivity index (χ0) is 14.4. The maximum Gasteiger partial charge on any atom is 0.125 e. The molecule has 0 radical (unpaired) electrons. The van der Waals surface area contributed by atoms with Gasteiger partial charge in [0.1, 0.15) is 5.82 Å². The van der Waals surface area contributed by atoms with Crippen molar-refractivity contribution in [2.45, 2.75) is 32.7 Å². The molecule has 0 aliphatic heterocycles. The lowest BCUT2D eigenvalue weighted by molar-refractivity contribution is 0.515. The fourth-order valence-corrected chi connectivity index (χ4v) is 2.60. The quantitative estimate of drug-likeness (QED) is 0.872. The zero-order valence-electron chi connectivity index (χ0n) is 11.9. The Kier molecular flexibility index (Phi) is 5.68. The Labute approximate surface area is 129 Å². The molecule has 20 heavy (non-hydrogen) atoms. The highest BCUT2D eigenvalue weighted by Gasteiger charge is 2.14. The number of nitrogens with one attached hydrogen (secondary N) is 1. The number of rotatable bonds is 6. The van der Waals surface area contributed by atoms with Gasteiger partial charge in [-0.05, 0) is 44.0 Å². The minimum Gasteiger partial charge on any atom is -0.308 e. The van der Waals surface area contributed by atoms with Crippen LogP contribution in [0.15, 0.2) is 41.0 Å². The number of hydrogen-bond donors (Lipinski definition) is 1. The van der Waals surface area contributed by atoms with E-state index in [1.54, 1.807) is 0 Å². The molecule has 3 nitrogen and oxygen atoms in total. The van der Waals surface area contributed by atoms with Crippen LogP contribution in [0.1, 0.15) is 36.5 Å². The van der Waals surface area contributed by atoms with Crippen LogP contribution < -0.4 is 5.32 Å². The lowest BCUT2D eigenvalue weighted by atomic mass is 10.0.